The average Bonchev–Trinajstić information content (AvgIpc) is 2.21. The van der Waals surface area contributed by atoms with E-state index < -0.39 is 11.4 Å². The first-order valence-electron chi connectivity index (χ1n) is 6.97. The number of rotatable bonds is 8. The Hall–Kier alpha value is -0.570. The predicted octanol–water partition coefficient (Wildman–Crippen LogP) is 3.00. The summed E-state index contributed by atoms with van der Waals surface area (Å²) in [6.07, 6.45) is 5.71. The molecule has 0 aliphatic heterocycles. The van der Waals surface area contributed by atoms with Crippen LogP contribution in [-0.4, -0.2) is 35.6 Å². The van der Waals surface area contributed by atoms with E-state index in [2.05, 4.69) is 18.7 Å². The molecule has 1 rings (SSSR count). The van der Waals surface area contributed by atoms with Gasteiger partial charge in [0.15, 0.2) is 0 Å². The highest BCUT2D eigenvalue weighted by atomic mass is 16.4. The van der Waals surface area contributed by atoms with Crippen molar-refractivity contribution >= 4 is 5.97 Å². The van der Waals surface area contributed by atoms with Crippen molar-refractivity contribution in [2.45, 2.75) is 52.9 Å². The quantitative estimate of drug-likeness (QED) is 0.710. The van der Waals surface area contributed by atoms with Crippen LogP contribution in [0.3, 0.4) is 0 Å². The first kappa shape index (κ1) is 14.5. The van der Waals surface area contributed by atoms with Crippen LogP contribution in [0.4, 0.5) is 0 Å². The fraction of sp³-hybridized carbons (Fsp3) is 0.929. The van der Waals surface area contributed by atoms with Gasteiger partial charge in [-0.2, -0.15) is 0 Å². The van der Waals surface area contributed by atoms with Crippen molar-refractivity contribution in [3.63, 3.8) is 0 Å². The van der Waals surface area contributed by atoms with Crippen LogP contribution in [0.25, 0.3) is 0 Å². The Labute approximate surface area is 105 Å². The van der Waals surface area contributed by atoms with Crippen LogP contribution in [0, 0.1) is 11.3 Å². The van der Waals surface area contributed by atoms with Crippen molar-refractivity contribution in [2.75, 3.05) is 19.6 Å². The van der Waals surface area contributed by atoms with Gasteiger partial charge in [0, 0.05) is 13.1 Å². The van der Waals surface area contributed by atoms with Crippen molar-refractivity contribution in [1.82, 2.24) is 4.90 Å². The maximum atomic E-state index is 11.4. The third-order valence-corrected chi connectivity index (χ3v) is 4.08. The third kappa shape index (κ3) is 3.98. The van der Waals surface area contributed by atoms with Crippen molar-refractivity contribution in [2.24, 2.45) is 11.3 Å². The Morgan fingerprint density at radius 2 is 2.06 bits per heavy atom. The molecule has 1 N–H and O–H groups in total. The minimum atomic E-state index is -0.647. The second-order valence-electron chi connectivity index (χ2n) is 5.74. The van der Waals surface area contributed by atoms with Gasteiger partial charge in [-0.3, -0.25) is 4.79 Å². The fourth-order valence-corrected chi connectivity index (χ4v) is 2.64. The normalized spacial score (nSPS) is 20.0. The molecule has 1 aliphatic rings. The second kappa shape index (κ2) is 6.39. The van der Waals surface area contributed by atoms with E-state index in [0.29, 0.717) is 6.54 Å². The minimum Gasteiger partial charge on any atom is -0.481 e. The Morgan fingerprint density at radius 1 is 1.41 bits per heavy atom. The van der Waals surface area contributed by atoms with Gasteiger partial charge in [-0.15, -0.1) is 0 Å². The molecule has 0 saturated heterocycles. The molecule has 0 radical (unpaired) electrons. The van der Waals surface area contributed by atoms with Gasteiger partial charge in [-0.25, -0.2) is 0 Å². The molecule has 1 unspecified atom stereocenters. The minimum absolute atomic E-state index is 0.575. The highest BCUT2D eigenvalue weighted by Crippen LogP contribution is 2.30. The topological polar surface area (TPSA) is 40.5 Å². The van der Waals surface area contributed by atoms with E-state index >= 15 is 0 Å². The highest BCUT2D eigenvalue weighted by Gasteiger charge is 2.34. The average molecular weight is 241 g/mol. The van der Waals surface area contributed by atoms with E-state index in [0.717, 1.165) is 31.8 Å². The van der Waals surface area contributed by atoms with Crippen LogP contribution >= 0.6 is 0 Å². The molecule has 1 saturated carbocycles. The van der Waals surface area contributed by atoms with Gasteiger partial charge in [0.05, 0.1) is 5.41 Å². The standard InChI is InChI=1S/C14H27NO2/c1-4-9-14(3,13(16)17)11-15(5-2)10-12-7-6-8-12/h12H,4-11H2,1-3H3,(H,16,17). The second-order valence-corrected chi connectivity index (χ2v) is 5.74. The van der Waals surface area contributed by atoms with E-state index in [4.69, 9.17) is 0 Å². The molecular weight excluding hydrogens is 214 g/mol. The predicted molar refractivity (Wildman–Crippen MR) is 70.1 cm³/mol. The summed E-state index contributed by atoms with van der Waals surface area (Å²) in [5.74, 6) is 0.168. The summed E-state index contributed by atoms with van der Waals surface area (Å²) in [5, 5.41) is 9.39. The molecule has 0 aromatic carbocycles. The molecule has 100 valence electrons. The van der Waals surface area contributed by atoms with E-state index in [1.54, 1.807) is 0 Å². The first-order chi connectivity index (χ1) is 8.01. The zero-order chi connectivity index (χ0) is 12.9. The Morgan fingerprint density at radius 3 is 2.41 bits per heavy atom. The van der Waals surface area contributed by atoms with Crippen molar-refractivity contribution in [3.05, 3.63) is 0 Å². The maximum absolute atomic E-state index is 11.4. The molecular formula is C14H27NO2. The van der Waals surface area contributed by atoms with Gasteiger partial charge < -0.3 is 10.0 Å². The Bertz CT molecular complexity index is 251. The molecule has 3 heteroatoms. The number of carboxylic acids is 1. The number of hydrogen-bond acceptors (Lipinski definition) is 2. The molecule has 0 aromatic rings. The van der Waals surface area contributed by atoms with E-state index in [1.807, 2.05) is 6.92 Å². The van der Waals surface area contributed by atoms with Crippen LogP contribution in [0.15, 0.2) is 0 Å². The SMILES string of the molecule is CCCC(C)(CN(CC)CC1CCC1)C(=O)O. The summed E-state index contributed by atoms with van der Waals surface area (Å²) in [4.78, 5) is 13.7. The molecule has 1 fully saturated rings. The van der Waals surface area contributed by atoms with Gasteiger partial charge >= 0.3 is 5.97 Å². The van der Waals surface area contributed by atoms with Gasteiger partial charge in [0.25, 0.3) is 0 Å². The number of aliphatic carboxylic acids is 1. The summed E-state index contributed by atoms with van der Waals surface area (Å²) in [6.45, 7) is 8.83. The Kier molecular flexibility index (Phi) is 5.44. The third-order valence-electron chi connectivity index (χ3n) is 4.08. The molecule has 1 atom stereocenters. The van der Waals surface area contributed by atoms with Crippen molar-refractivity contribution in [1.29, 1.82) is 0 Å². The smallest absolute Gasteiger partial charge is 0.310 e. The number of carbonyl (C=O) groups is 1. The van der Waals surface area contributed by atoms with Crippen molar-refractivity contribution in [3.8, 4) is 0 Å². The monoisotopic (exact) mass is 241 g/mol. The summed E-state index contributed by atoms with van der Waals surface area (Å²) < 4.78 is 0. The lowest BCUT2D eigenvalue weighted by Crippen LogP contribution is -2.43. The summed E-state index contributed by atoms with van der Waals surface area (Å²) in [7, 11) is 0. The lowest BCUT2D eigenvalue weighted by molar-refractivity contribution is -0.149. The number of hydrogen-bond donors (Lipinski definition) is 1. The van der Waals surface area contributed by atoms with Gasteiger partial charge in [0.1, 0.15) is 0 Å². The van der Waals surface area contributed by atoms with Crippen molar-refractivity contribution < 1.29 is 9.90 Å². The van der Waals surface area contributed by atoms with E-state index in [1.165, 1.54) is 19.3 Å². The van der Waals surface area contributed by atoms with E-state index in [9.17, 15) is 9.90 Å². The zero-order valence-electron chi connectivity index (χ0n) is 11.5. The lowest BCUT2D eigenvalue weighted by Gasteiger charge is -2.36. The molecule has 0 aromatic heterocycles. The lowest BCUT2D eigenvalue weighted by atomic mass is 9.82. The summed E-state index contributed by atoms with van der Waals surface area (Å²) in [6, 6.07) is 0. The van der Waals surface area contributed by atoms with Crippen LogP contribution in [0.1, 0.15) is 52.9 Å². The van der Waals surface area contributed by atoms with Crippen LogP contribution in [0.2, 0.25) is 0 Å². The van der Waals surface area contributed by atoms with Crippen LogP contribution < -0.4 is 0 Å². The fourth-order valence-electron chi connectivity index (χ4n) is 2.64. The van der Waals surface area contributed by atoms with E-state index in [-0.39, 0.29) is 0 Å². The summed E-state index contributed by atoms with van der Waals surface area (Å²) in [5.41, 5.74) is -0.575. The molecule has 0 amide bonds. The largest absolute Gasteiger partial charge is 0.481 e. The van der Waals surface area contributed by atoms with Crippen LogP contribution in [0.5, 0.6) is 0 Å². The van der Waals surface area contributed by atoms with Gasteiger partial charge in [0.2, 0.25) is 0 Å². The zero-order valence-corrected chi connectivity index (χ0v) is 11.5. The van der Waals surface area contributed by atoms with Gasteiger partial charge in [-0.05, 0) is 38.6 Å². The first-order valence-corrected chi connectivity index (χ1v) is 6.97. The molecule has 1 aliphatic carbocycles. The molecule has 3 nitrogen and oxygen atoms in total. The highest BCUT2D eigenvalue weighted by molar-refractivity contribution is 5.74. The number of carboxylic acid groups (broad SMARTS) is 1. The molecule has 0 bridgehead atoms. The number of nitrogens with zero attached hydrogens (tertiary/aromatic N) is 1. The van der Waals surface area contributed by atoms with Crippen LogP contribution in [-0.2, 0) is 4.79 Å². The molecule has 17 heavy (non-hydrogen) atoms. The maximum Gasteiger partial charge on any atom is 0.310 e. The molecule has 0 heterocycles. The van der Waals surface area contributed by atoms with Gasteiger partial charge in [-0.1, -0.05) is 26.7 Å². The summed E-state index contributed by atoms with van der Waals surface area (Å²) >= 11 is 0. The Balaban J connectivity index is 2.52. The molecule has 0 spiro atoms.